The van der Waals surface area contributed by atoms with E-state index in [4.69, 9.17) is 5.73 Å². The lowest BCUT2D eigenvalue weighted by atomic mass is 10.3. The third kappa shape index (κ3) is 5.77. The van der Waals surface area contributed by atoms with Crippen molar-refractivity contribution in [3.63, 3.8) is 0 Å². The van der Waals surface area contributed by atoms with E-state index in [1.807, 2.05) is 6.92 Å². The van der Waals surface area contributed by atoms with Gasteiger partial charge in [0.1, 0.15) is 0 Å². The van der Waals surface area contributed by atoms with E-state index in [-0.39, 0.29) is 6.04 Å². The van der Waals surface area contributed by atoms with Gasteiger partial charge in [0.2, 0.25) is 0 Å². The second kappa shape index (κ2) is 6.92. The van der Waals surface area contributed by atoms with Gasteiger partial charge in [-0.05, 0) is 20.3 Å². The highest BCUT2D eigenvalue weighted by atomic mass is 16.2. The zero-order valence-electron chi connectivity index (χ0n) is 9.43. The van der Waals surface area contributed by atoms with Gasteiger partial charge in [0.25, 0.3) is 0 Å². The Bertz CT molecular complexity index is 250. The molecule has 4 amide bonds. The number of hydrogen-bond acceptors (Lipinski definition) is 3. The predicted molar refractivity (Wildman–Crippen MR) is 56.6 cm³/mol. The number of azo groups is 1. The number of primary amides is 1. The van der Waals surface area contributed by atoms with Crippen molar-refractivity contribution in [3.05, 3.63) is 0 Å². The Kier molecular flexibility index (Phi) is 6.24. The Hall–Kier alpha value is -1.46. The molecule has 6 heteroatoms. The van der Waals surface area contributed by atoms with Gasteiger partial charge in [-0.15, -0.1) is 0 Å². The number of nitrogens with zero attached hydrogens (tertiary/aromatic N) is 3. The first-order chi connectivity index (χ1) is 6.99. The van der Waals surface area contributed by atoms with Crippen molar-refractivity contribution >= 4 is 12.1 Å². The van der Waals surface area contributed by atoms with Crippen LogP contribution < -0.4 is 5.73 Å². The van der Waals surface area contributed by atoms with E-state index in [0.29, 0.717) is 13.0 Å². The van der Waals surface area contributed by atoms with Gasteiger partial charge in [-0.2, -0.15) is 5.11 Å². The van der Waals surface area contributed by atoms with Crippen LogP contribution in [0.5, 0.6) is 0 Å². The average Bonchev–Trinajstić information content (AvgIpc) is 2.14. The maximum absolute atomic E-state index is 11.4. The summed E-state index contributed by atoms with van der Waals surface area (Å²) in [6.07, 6.45) is 1.59. The van der Waals surface area contributed by atoms with Crippen LogP contribution in [-0.4, -0.2) is 29.5 Å². The molecule has 0 atom stereocenters. The molecular formula is C9H18N4O2. The van der Waals surface area contributed by atoms with Crippen LogP contribution in [0.25, 0.3) is 0 Å². The molecule has 0 saturated heterocycles. The first-order valence-corrected chi connectivity index (χ1v) is 5.00. The van der Waals surface area contributed by atoms with Gasteiger partial charge in [0, 0.05) is 6.54 Å². The number of carbonyl (C=O) groups excluding carboxylic acids is 2. The standard InChI is InChI=1S/C9H18N4O2/c1-4-5-6-13(8(10)14)9(15)12-11-7(2)3/h7H,4-6H2,1-3H3,(H2,10,14). The molecule has 86 valence electrons. The summed E-state index contributed by atoms with van der Waals surface area (Å²) in [5, 5.41) is 7.07. The first-order valence-electron chi connectivity index (χ1n) is 5.00. The zero-order valence-corrected chi connectivity index (χ0v) is 9.43. The highest BCUT2D eigenvalue weighted by molar-refractivity contribution is 5.92. The summed E-state index contributed by atoms with van der Waals surface area (Å²) in [4.78, 5) is 23.2. The molecule has 0 bridgehead atoms. The number of carbonyl (C=O) groups is 2. The van der Waals surface area contributed by atoms with Crippen LogP contribution in [0.3, 0.4) is 0 Å². The van der Waals surface area contributed by atoms with Gasteiger partial charge in [-0.3, -0.25) is 0 Å². The third-order valence-electron chi connectivity index (χ3n) is 1.61. The van der Waals surface area contributed by atoms with E-state index in [2.05, 4.69) is 10.2 Å². The van der Waals surface area contributed by atoms with Gasteiger partial charge in [-0.25, -0.2) is 14.5 Å². The van der Waals surface area contributed by atoms with Crippen molar-refractivity contribution in [3.8, 4) is 0 Å². The molecule has 0 aliphatic heterocycles. The predicted octanol–water partition coefficient (Wildman–Crippen LogP) is 2.15. The molecule has 2 N–H and O–H groups in total. The number of imide groups is 1. The topological polar surface area (TPSA) is 88.1 Å². The summed E-state index contributed by atoms with van der Waals surface area (Å²) in [6.45, 7) is 5.83. The zero-order chi connectivity index (χ0) is 11.8. The Labute approximate surface area is 89.5 Å². The summed E-state index contributed by atoms with van der Waals surface area (Å²) in [7, 11) is 0. The Morgan fingerprint density at radius 3 is 2.40 bits per heavy atom. The number of rotatable bonds is 4. The van der Waals surface area contributed by atoms with E-state index in [0.717, 1.165) is 11.3 Å². The van der Waals surface area contributed by atoms with E-state index in [9.17, 15) is 9.59 Å². The normalized spacial score (nSPS) is 10.9. The molecule has 0 fully saturated rings. The van der Waals surface area contributed by atoms with Crippen LogP contribution in [0.15, 0.2) is 10.2 Å². The van der Waals surface area contributed by atoms with Gasteiger partial charge in [-0.1, -0.05) is 18.5 Å². The maximum Gasteiger partial charge on any atom is 0.369 e. The average molecular weight is 214 g/mol. The lowest BCUT2D eigenvalue weighted by molar-refractivity contribution is 0.195. The fourth-order valence-corrected chi connectivity index (χ4v) is 0.835. The molecule has 0 aromatic rings. The van der Waals surface area contributed by atoms with Crippen LogP contribution in [0, 0.1) is 0 Å². The molecule has 0 spiro atoms. The molecule has 0 unspecified atom stereocenters. The van der Waals surface area contributed by atoms with Gasteiger partial charge in [0.05, 0.1) is 6.04 Å². The van der Waals surface area contributed by atoms with E-state index in [1.54, 1.807) is 13.8 Å². The number of hydrogen-bond donors (Lipinski definition) is 1. The molecule has 0 aliphatic carbocycles. The molecule has 0 aromatic heterocycles. The van der Waals surface area contributed by atoms with Gasteiger partial charge < -0.3 is 5.73 Å². The molecule has 0 rings (SSSR count). The second-order valence-corrected chi connectivity index (χ2v) is 3.44. The summed E-state index contributed by atoms with van der Waals surface area (Å²) < 4.78 is 0. The number of urea groups is 2. The van der Waals surface area contributed by atoms with E-state index < -0.39 is 12.1 Å². The molecule has 0 aliphatic rings. The van der Waals surface area contributed by atoms with Crippen LogP contribution in [0.2, 0.25) is 0 Å². The van der Waals surface area contributed by atoms with E-state index in [1.165, 1.54) is 0 Å². The minimum Gasteiger partial charge on any atom is -0.351 e. The van der Waals surface area contributed by atoms with Crippen molar-refractivity contribution in [2.45, 2.75) is 39.7 Å². The lowest BCUT2D eigenvalue weighted by Crippen LogP contribution is -2.39. The number of amides is 4. The molecule has 0 heterocycles. The summed E-state index contributed by atoms with van der Waals surface area (Å²) in [5.41, 5.74) is 5.05. The smallest absolute Gasteiger partial charge is 0.351 e. The van der Waals surface area contributed by atoms with Crippen molar-refractivity contribution in [2.24, 2.45) is 16.0 Å². The SMILES string of the molecule is CCCCN(C(N)=O)C(=O)N=NC(C)C. The largest absolute Gasteiger partial charge is 0.369 e. The Balaban J connectivity index is 4.35. The molecule has 0 aromatic carbocycles. The Morgan fingerprint density at radius 2 is 2.00 bits per heavy atom. The quantitative estimate of drug-likeness (QED) is 0.726. The molecular weight excluding hydrogens is 196 g/mol. The van der Waals surface area contributed by atoms with Crippen LogP contribution in [0.1, 0.15) is 33.6 Å². The Morgan fingerprint density at radius 1 is 1.40 bits per heavy atom. The molecule has 15 heavy (non-hydrogen) atoms. The second-order valence-electron chi connectivity index (χ2n) is 3.44. The first kappa shape index (κ1) is 13.5. The summed E-state index contributed by atoms with van der Waals surface area (Å²) in [6, 6.07) is -1.55. The van der Waals surface area contributed by atoms with Crippen LogP contribution in [-0.2, 0) is 0 Å². The maximum atomic E-state index is 11.4. The van der Waals surface area contributed by atoms with Crippen LogP contribution >= 0.6 is 0 Å². The number of unbranched alkanes of at least 4 members (excludes halogenated alkanes) is 1. The van der Waals surface area contributed by atoms with Crippen molar-refractivity contribution < 1.29 is 9.59 Å². The van der Waals surface area contributed by atoms with E-state index >= 15 is 0 Å². The highest BCUT2D eigenvalue weighted by Gasteiger charge is 2.17. The molecule has 6 nitrogen and oxygen atoms in total. The van der Waals surface area contributed by atoms with Gasteiger partial charge in [0.15, 0.2) is 0 Å². The van der Waals surface area contributed by atoms with Crippen molar-refractivity contribution in [2.75, 3.05) is 6.54 Å². The molecule has 0 radical (unpaired) electrons. The molecule has 0 saturated carbocycles. The van der Waals surface area contributed by atoms with Crippen molar-refractivity contribution in [1.29, 1.82) is 0 Å². The van der Waals surface area contributed by atoms with Crippen LogP contribution in [0.4, 0.5) is 9.59 Å². The lowest BCUT2D eigenvalue weighted by Gasteiger charge is -2.14. The summed E-state index contributed by atoms with van der Waals surface area (Å²) >= 11 is 0. The monoisotopic (exact) mass is 214 g/mol. The fourth-order valence-electron chi connectivity index (χ4n) is 0.835. The third-order valence-corrected chi connectivity index (χ3v) is 1.61. The minimum absolute atomic E-state index is 0.0742. The minimum atomic E-state index is -0.781. The fraction of sp³-hybridized carbons (Fsp3) is 0.778. The summed E-state index contributed by atoms with van der Waals surface area (Å²) in [5.74, 6) is 0. The van der Waals surface area contributed by atoms with Gasteiger partial charge >= 0.3 is 12.1 Å². The number of nitrogens with two attached hydrogens (primary N) is 1. The van der Waals surface area contributed by atoms with Crippen molar-refractivity contribution in [1.82, 2.24) is 4.90 Å². The highest BCUT2D eigenvalue weighted by Crippen LogP contribution is 2.00.